The van der Waals surface area contributed by atoms with Crippen molar-refractivity contribution in [3.63, 3.8) is 0 Å². The molecule has 0 fully saturated rings. The molecule has 0 radical (unpaired) electrons. The van der Waals surface area contributed by atoms with Crippen molar-refractivity contribution in [2.24, 2.45) is 0 Å². The zero-order chi connectivity index (χ0) is 25.7. The van der Waals surface area contributed by atoms with Gasteiger partial charge in [0.25, 0.3) is 5.91 Å². The maximum Gasteiger partial charge on any atom is 0.255 e. The lowest BCUT2D eigenvalue weighted by molar-refractivity contribution is 0.102. The van der Waals surface area contributed by atoms with Crippen molar-refractivity contribution in [3.05, 3.63) is 124 Å². The Labute approximate surface area is 220 Å². The van der Waals surface area contributed by atoms with Crippen LogP contribution in [0.15, 0.2) is 91.3 Å². The van der Waals surface area contributed by atoms with Crippen LogP contribution in [0.5, 0.6) is 0 Å². The van der Waals surface area contributed by atoms with Crippen LogP contribution in [0.2, 0.25) is 10.0 Å². The van der Waals surface area contributed by atoms with Gasteiger partial charge in [-0.3, -0.25) is 14.1 Å². The summed E-state index contributed by atoms with van der Waals surface area (Å²) in [6.07, 6.45) is 5.41. The van der Waals surface area contributed by atoms with Gasteiger partial charge in [0.1, 0.15) is 0 Å². The summed E-state index contributed by atoms with van der Waals surface area (Å²) in [5.74, 6) is -0.263. The van der Waals surface area contributed by atoms with Crippen LogP contribution in [0.1, 0.15) is 27.0 Å². The monoisotopic (exact) mass is 539 g/mol. The molecule has 9 heteroatoms. The summed E-state index contributed by atoms with van der Waals surface area (Å²) < 4.78 is 26.1. The maximum atomic E-state index is 12.7. The van der Waals surface area contributed by atoms with Crippen molar-refractivity contribution in [2.75, 3.05) is 15.9 Å². The van der Waals surface area contributed by atoms with Crippen LogP contribution < -0.4 is 9.62 Å². The van der Waals surface area contributed by atoms with E-state index in [0.717, 1.165) is 23.8 Å². The second-order valence-corrected chi connectivity index (χ2v) is 11.0. The fraction of sp³-hybridized carbons (Fsp3) is 0.111. The summed E-state index contributed by atoms with van der Waals surface area (Å²) in [6.45, 7) is 0.0414. The molecule has 1 amide bonds. The number of anilines is 2. The summed E-state index contributed by atoms with van der Waals surface area (Å²) in [7, 11) is -3.64. The third-order valence-electron chi connectivity index (χ3n) is 5.49. The Kier molecular flexibility index (Phi) is 7.94. The van der Waals surface area contributed by atoms with E-state index in [1.165, 1.54) is 10.4 Å². The molecule has 0 unspecified atom stereocenters. The standard InChI is InChI=1S/C27H23Cl2N3O3S/c1-36(34,35)32(26-17-23(28)8-11-25(26)29)18-21-2-6-22(7-3-21)27(33)31-24-9-4-19(5-10-24)16-20-12-14-30-15-13-20/h2-15,17H,16,18H2,1H3,(H,31,33). The number of aromatic nitrogens is 1. The fourth-order valence-corrected chi connectivity index (χ4v) is 4.96. The van der Waals surface area contributed by atoms with Crippen LogP contribution in [0.4, 0.5) is 11.4 Å². The molecule has 184 valence electrons. The number of hydrogen-bond donors (Lipinski definition) is 1. The van der Waals surface area contributed by atoms with E-state index in [-0.39, 0.29) is 17.5 Å². The van der Waals surface area contributed by atoms with Crippen molar-refractivity contribution >= 4 is 50.5 Å². The molecule has 0 atom stereocenters. The average Bonchev–Trinajstić information content (AvgIpc) is 2.86. The van der Waals surface area contributed by atoms with Gasteiger partial charge in [-0.05, 0) is 77.7 Å². The second-order valence-electron chi connectivity index (χ2n) is 8.25. The first-order valence-electron chi connectivity index (χ1n) is 11.0. The molecule has 0 aliphatic heterocycles. The Balaban J connectivity index is 1.43. The molecular formula is C27H23Cl2N3O3S. The van der Waals surface area contributed by atoms with E-state index in [0.29, 0.717) is 27.5 Å². The van der Waals surface area contributed by atoms with Crippen LogP contribution in [0.3, 0.4) is 0 Å². The molecular weight excluding hydrogens is 517 g/mol. The molecule has 1 aromatic heterocycles. The second kappa shape index (κ2) is 11.1. The summed E-state index contributed by atoms with van der Waals surface area (Å²) in [5.41, 5.74) is 4.40. The zero-order valence-electron chi connectivity index (χ0n) is 19.4. The highest BCUT2D eigenvalue weighted by molar-refractivity contribution is 7.92. The van der Waals surface area contributed by atoms with E-state index in [1.807, 2.05) is 36.4 Å². The van der Waals surface area contributed by atoms with Crippen LogP contribution in [-0.2, 0) is 23.0 Å². The molecule has 1 heterocycles. The number of sulfonamides is 1. The van der Waals surface area contributed by atoms with Crippen molar-refractivity contribution in [1.82, 2.24) is 4.98 Å². The van der Waals surface area contributed by atoms with Gasteiger partial charge in [-0.2, -0.15) is 0 Å². The third-order valence-corrected chi connectivity index (χ3v) is 7.17. The molecule has 0 aliphatic carbocycles. The van der Waals surface area contributed by atoms with E-state index in [9.17, 15) is 13.2 Å². The van der Waals surface area contributed by atoms with Gasteiger partial charge in [0.05, 0.1) is 23.5 Å². The molecule has 4 rings (SSSR count). The van der Waals surface area contributed by atoms with Gasteiger partial charge in [-0.25, -0.2) is 8.42 Å². The Hall–Kier alpha value is -3.39. The molecule has 1 N–H and O–H groups in total. The number of carbonyl (C=O) groups is 1. The predicted octanol–water partition coefficient (Wildman–Crippen LogP) is 6.20. The number of hydrogen-bond acceptors (Lipinski definition) is 4. The number of pyridine rings is 1. The molecule has 6 nitrogen and oxygen atoms in total. The molecule has 0 saturated carbocycles. The van der Waals surface area contributed by atoms with E-state index in [4.69, 9.17) is 23.2 Å². The summed E-state index contributed by atoms with van der Waals surface area (Å²) in [5, 5.41) is 3.53. The average molecular weight is 540 g/mol. The Morgan fingerprint density at radius 1 is 0.861 bits per heavy atom. The Morgan fingerprint density at radius 2 is 1.47 bits per heavy atom. The van der Waals surface area contributed by atoms with Gasteiger partial charge in [-0.1, -0.05) is 47.5 Å². The fourth-order valence-electron chi connectivity index (χ4n) is 3.63. The summed E-state index contributed by atoms with van der Waals surface area (Å²) in [6, 6.07) is 23.0. The van der Waals surface area contributed by atoms with E-state index >= 15 is 0 Å². The largest absolute Gasteiger partial charge is 0.322 e. The Morgan fingerprint density at radius 3 is 2.11 bits per heavy atom. The predicted molar refractivity (Wildman–Crippen MR) is 145 cm³/mol. The molecule has 36 heavy (non-hydrogen) atoms. The molecule has 0 aliphatic rings. The molecule has 0 bridgehead atoms. The normalized spacial score (nSPS) is 11.2. The first-order chi connectivity index (χ1) is 17.2. The number of amides is 1. The minimum absolute atomic E-state index is 0.0414. The Bertz CT molecular complexity index is 1460. The summed E-state index contributed by atoms with van der Waals surface area (Å²) in [4.78, 5) is 16.8. The van der Waals surface area contributed by atoms with Crippen LogP contribution >= 0.6 is 23.2 Å². The van der Waals surface area contributed by atoms with Gasteiger partial charge in [0.15, 0.2) is 0 Å². The van der Waals surface area contributed by atoms with Crippen LogP contribution in [0, 0.1) is 0 Å². The highest BCUT2D eigenvalue weighted by atomic mass is 35.5. The smallest absolute Gasteiger partial charge is 0.255 e. The lowest BCUT2D eigenvalue weighted by atomic mass is 10.1. The molecule has 0 spiro atoms. The van der Waals surface area contributed by atoms with Crippen molar-refractivity contribution in [3.8, 4) is 0 Å². The van der Waals surface area contributed by atoms with E-state index in [2.05, 4.69) is 10.3 Å². The zero-order valence-corrected chi connectivity index (χ0v) is 21.7. The quantitative estimate of drug-likeness (QED) is 0.289. The lowest BCUT2D eigenvalue weighted by Crippen LogP contribution is -2.29. The van der Waals surface area contributed by atoms with Gasteiger partial charge in [0, 0.05) is 28.7 Å². The van der Waals surface area contributed by atoms with Crippen molar-refractivity contribution in [1.29, 1.82) is 0 Å². The number of nitrogens with zero attached hydrogens (tertiary/aromatic N) is 2. The first kappa shape index (κ1) is 25.7. The topological polar surface area (TPSA) is 79.4 Å². The van der Waals surface area contributed by atoms with E-state index in [1.54, 1.807) is 48.8 Å². The highest BCUT2D eigenvalue weighted by Gasteiger charge is 2.21. The maximum absolute atomic E-state index is 12.7. The highest BCUT2D eigenvalue weighted by Crippen LogP contribution is 2.32. The van der Waals surface area contributed by atoms with Gasteiger partial charge in [0.2, 0.25) is 10.0 Å². The number of rotatable bonds is 8. The lowest BCUT2D eigenvalue weighted by Gasteiger charge is -2.24. The SMILES string of the molecule is CS(=O)(=O)N(Cc1ccc(C(=O)Nc2ccc(Cc3ccncc3)cc2)cc1)c1cc(Cl)ccc1Cl. The van der Waals surface area contributed by atoms with Gasteiger partial charge >= 0.3 is 0 Å². The molecule has 0 saturated heterocycles. The van der Waals surface area contributed by atoms with Crippen LogP contribution in [0.25, 0.3) is 0 Å². The van der Waals surface area contributed by atoms with Crippen molar-refractivity contribution in [2.45, 2.75) is 13.0 Å². The molecule has 3 aromatic carbocycles. The van der Waals surface area contributed by atoms with Gasteiger partial charge in [-0.15, -0.1) is 0 Å². The van der Waals surface area contributed by atoms with Crippen molar-refractivity contribution < 1.29 is 13.2 Å². The third kappa shape index (κ3) is 6.63. The number of nitrogens with one attached hydrogen (secondary N) is 1. The minimum Gasteiger partial charge on any atom is -0.322 e. The summed E-state index contributed by atoms with van der Waals surface area (Å²) >= 11 is 12.3. The first-order valence-corrected chi connectivity index (χ1v) is 13.6. The van der Waals surface area contributed by atoms with Gasteiger partial charge < -0.3 is 5.32 Å². The van der Waals surface area contributed by atoms with Crippen LogP contribution in [-0.4, -0.2) is 25.6 Å². The minimum atomic E-state index is -3.64. The number of benzene rings is 3. The van der Waals surface area contributed by atoms with E-state index < -0.39 is 10.0 Å². The molecule has 4 aromatic rings. The number of halogens is 2. The number of carbonyl (C=O) groups excluding carboxylic acids is 1.